The van der Waals surface area contributed by atoms with Crippen LogP contribution in [0.4, 0.5) is 0 Å². The zero-order chi connectivity index (χ0) is 16.8. The Bertz CT molecular complexity index is 655. The molecule has 1 rings (SSSR count). The van der Waals surface area contributed by atoms with E-state index in [0.717, 1.165) is 12.1 Å². The predicted molar refractivity (Wildman–Crippen MR) is 84.6 cm³/mol. The van der Waals surface area contributed by atoms with Gasteiger partial charge in [0.15, 0.2) is 0 Å². The summed E-state index contributed by atoms with van der Waals surface area (Å²) in [6.45, 7) is 3.89. The molecule has 0 heterocycles. The number of carbonyl (C=O) groups excluding carboxylic acids is 2. The molecule has 0 unspecified atom stereocenters. The quantitative estimate of drug-likeness (QED) is 0.448. The molecule has 0 radical (unpaired) electrons. The number of carbonyl (C=O) groups is 2. The van der Waals surface area contributed by atoms with Crippen molar-refractivity contribution in [2.24, 2.45) is 0 Å². The summed E-state index contributed by atoms with van der Waals surface area (Å²) in [5.41, 5.74) is -0.406. The fourth-order valence-corrected chi connectivity index (χ4v) is 2.29. The van der Waals surface area contributed by atoms with Gasteiger partial charge in [-0.2, -0.15) is 8.42 Å². The van der Waals surface area contributed by atoms with E-state index in [1.165, 1.54) is 6.07 Å². The molecule has 1 aromatic carbocycles. The molecule has 1 N–H and O–H groups in total. The second kappa shape index (κ2) is 10.0. The molecule has 124 valence electrons. The van der Waals surface area contributed by atoms with Gasteiger partial charge in [-0.3, -0.25) is 4.55 Å². The Morgan fingerprint density at radius 2 is 1.57 bits per heavy atom. The van der Waals surface area contributed by atoms with Crippen LogP contribution in [0.1, 0.15) is 47.4 Å². The second-order valence-corrected chi connectivity index (χ2v) is 5.85. The molecular weight excluding hydrogens is 335 g/mol. The third-order valence-corrected chi connectivity index (χ3v) is 3.48. The van der Waals surface area contributed by atoms with Crippen molar-refractivity contribution < 1.29 is 32.0 Å². The number of ether oxygens (including phenoxy) is 2. The molecule has 0 saturated carbocycles. The van der Waals surface area contributed by atoms with E-state index in [4.69, 9.17) is 9.47 Å². The summed E-state index contributed by atoms with van der Waals surface area (Å²) in [7, 11) is -4.69. The van der Waals surface area contributed by atoms with Crippen LogP contribution in [0.25, 0.3) is 0 Å². The molecule has 0 spiro atoms. The van der Waals surface area contributed by atoms with E-state index in [1.807, 2.05) is 6.92 Å². The molecule has 0 saturated heterocycles. The first-order valence-electron chi connectivity index (χ1n) is 6.77. The van der Waals surface area contributed by atoms with Gasteiger partial charge in [-0.05, 0) is 31.0 Å². The van der Waals surface area contributed by atoms with Gasteiger partial charge in [0.05, 0.1) is 24.3 Å². The van der Waals surface area contributed by atoms with Gasteiger partial charge in [0.1, 0.15) is 4.90 Å². The average Bonchev–Trinajstić information content (AvgIpc) is 2.48. The van der Waals surface area contributed by atoms with Gasteiger partial charge in [-0.25, -0.2) is 9.59 Å². The van der Waals surface area contributed by atoms with Crippen molar-refractivity contribution in [3.8, 4) is 0 Å². The van der Waals surface area contributed by atoms with Crippen molar-refractivity contribution in [1.82, 2.24) is 0 Å². The molecule has 0 amide bonds. The van der Waals surface area contributed by atoms with Gasteiger partial charge >= 0.3 is 41.5 Å². The SMILES string of the molecule is CCCOC(=O)c1ccc(C(=O)OCCC)c(S(=O)(=O)O)c1.[NaH]. The van der Waals surface area contributed by atoms with Crippen molar-refractivity contribution in [1.29, 1.82) is 0 Å². The van der Waals surface area contributed by atoms with Crippen LogP contribution in [0.3, 0.4) is 0 Å². The maximum absolute atomic E-state index is 11.8. The molecule has 9 heteroatoms. The zero-order valence-electron chi connectivity index (χ0n) is 12.4. The van der Waals surface area contributed by atoms with Crippen LogP contribution >= 0.6 is 0 Å². The van der Waals surface area contributed by atoms with Crippen LogP contribution in [0.15, 0.2) is 23.1 Å². The molecule has 0 aliphatic rings. The molecule has 23 heavy (non-hydrogen) atoms. The standard InChI is InChI=1S/C14H18O7S.Na.H/c1-3-7-20-13(15)10-5-6-11(14(16)21-8-4-2)12(9-10)22(17,18)19;;/h5-6,9H,3-4,7-8H2,1-2H3,(H,17,18,19);;. The van der Waals surface area contributed by atoms with Gasteiger partial charge in [-0.15, -0.1) is 0 Å². The van der Waals surface area contributed by atoms with Crippen molar-refractivity contribution in [3.63, 3.8) is 0 Å². The number of esters is 2. The monoisotopic (exact) mass is 354 g/mol. The third kappa shape index (κ3) is 6.60. The Hall–Kier alpha value is -0.930. The molecule has 1 aromatic rings. The summed E-state index contributed by atoms with van der Waals surface area (Å²) < 4.78 is 41.8. The molecule has 0 bridgehead atoms. The van der Waals surface area contributed by atoms with Crippen LogP contribution in [0.5, 0.6) is 0 Å². The second-order valence-electron chi connectivity index (χ2n) is 4.46. The normalized spacial score (nSPS) is 10.6. The summed E-state index contributed by atoms with van der Waals surface area (Å²) >= 11 is 0. The number of rotatable bonds is 7. The van der Waals surface area contributed by atoms with Gasteiger partial charge in [0.2, 0.25) is 0 Å². The van der Waals surface area contributed by atoms with Crippen molar-refractivity contribution in [2.75, 3.05) is 13.2 Å². The minimum atomic E-state index is -4.69. The first kappa shape index (κ1) is 22.1. The van der Waals surface area contributed by atoms with Crippen molar-refractivity contribution >= 4 is 51.6 Å². The van der Waals surface area contributed by atoms with E-state index in [1.54, 1.807) is 6.92 Å². The minimum absolute atomic E-state index is 0. The maximum atomic E-state index is 11.8. The van der Waals surface area contributed by atoms with Crippen LogP contribution in [-0.4, -0.2) is 67.7 Å². The van der Waals surface area contributed by atoms with Crippen LogP contribution in [-0.2, 0) is 19.6 Å². The number of benzene rings is 1. The molecule has 0 fully saturated rings. The van der Waals surface area contributed by atoms with E-state index in [-0.39, 0.29) is 53.9 Å². The summed E-state index contributed by atoms with van der Waals surface area (Å²) in [6.07, 6.45) is 1.17. The first-order chi connectivity index (χ1) is 10.3. The fourth-order valence-electron chi connectivity index (χ4n) is 1.58. The van der Waals surface area contributed by atoms with E-state index in [0.29, 0.717) is 12.8 Å². The number of hydrogen-bond acceptors (Lipinski definition) is 6. The zero-order valence-corrected chi connectivity index (χ0v) is 13.2. The van der Waals surface area contributed by atoms with Gasteiger partial charge < -0.3 is 9.47 Å². The molecular formula is C14H19NaO7S. The Labute approximate surface area is 157 Å². The summed E-state index contributed by atoms with van der Waals surface area (Å²) in [5, 5.41) is 0. The van der Waals surface area contributed by atoms with E-state index in [9.17, 15) is 22.6 Å². The molecule has 0 aliphatic carbocycles. The average molecular weight is 354 g/mol. The Kier molecular flexibility index (Phi) is 9.64. The Morgan fingerprint density at radius 1 is 1.04 bits per heavy atom. The summed E-state index contributed by atoms with van der Waals surface area (Å²) in [4.78, 5) is 22.9. The summed E-state index contributed by atoms with van der Waals surface area (Å²) in [6, 6.07) is 3.26. The summed E-state index contributed by atoms with van der Waals surface area (Å²) in [5.74, 6) is -1.62. The van der Waals surface area contributed by atoms with Gasteiger partial charge in [0.25, 0.3) is 10.1 Å². The van der Waals surface area contributed by atoms with Crippen molar-refractivity contribution in [3.05, 3.63) is 29.3 Å². The molecule has 0 aliphatic heterocycles. The van der Waals surface area contributed by atoms with Gasteiger partial charge in [0, 0.05) is 0 Å². The Morgan fingerprint density at radius 3 is 2.04 bits per heavy atom. The topological polar surface area (TPSA) is 107 Å². The van der Waals surface area contributed by atoms with Crippen molar-refractivity contribution in [2.45, 2.75) is 31.6 Å². The number of hydrogen-bond donors (Lipinski definition) is 1. The molecule has 0 aromatic heterocycles. The van der Waals surface area contributed by atoms with Crippen LogP contribution in [0, 0.1) is 0 Å². The van der Waals surface area contributed by atoms with E-state index < -0.39 is 27.0 Å². The first-order valence-corrected chi connectivity index (χ1v) is 8.21. The predicted octanol–water partition coefficient (Wildman–Crippen LogP) is 1.42. The van der Waals surface area contributed by atoms with Crippen LogP contribution in [0.2, 0.25) is 0 Å². The Balaban J connectivity index is 0.00000484. The molecule has 7 nitrogen and oxygen atoms in total. The third-order valence-electron chi connectivity index (χ3n) is 2.59. The van der Waals surface area contributed by atoms with Gasteiger partial charge in [-0.1, -0.05) is 13.8 Å². The molecule has 0 atom stereocenters. The van der Waals surface area contributed by atoms with E-state index in [2.05, 4.69) is 0 Å². The fraction of sp³-hybridized carbons (Fsp3) is 0.429. The van der Waals surface area contributed by atoms with E-state index >= 15 is 0 Å². The van der Waals surface area contributed by atoms with Crippen LogP contribution < -0.4 is 0 Å².